The van der Waals surface area contributed by atoms with Crippen LogP contribution in [0.2, 0.25) is 0 Å². The van der Waals surface area contributed by atoms with E-state index in [4.69, 9.17) is 0 Å². The second kappa shape index (κ2) is 4.89. The maximum absolute atomic E-state index is 13.2. The minimum atomic E-state index is -0.494. The quantitative estimate of drug-likeness (QED) is 0.640. The van der Waals surface area contributed by atoms with Crippen LogP contribution >= 0.6 is 0 Å². The molecule has 1 heterocycles. The first-order valence-corrected chi connectivity index (χ1v) is 5.93. The van der Waals surface area contributed by atoms with Crippen LogP contribution in [0.15, 0.2) is 18.2 Å². The Morgan fingerprint density at radius 2 is 2.11 bits per heavy atom. The number of benzene rings is 1. The molecule has 0 spiro atoms. The summed E-state index contributed by atoms with van der Waals surface area (Å²) >= 11 is 0. The summed E-state index contributed by atoms with van der Waals surface area (Å²) in [7, 11) is 0. The van der Waals surface area contributed by atoms with Crippen molar-refractivity contribution in [2.45, 2.75) is 25.3 Å². The normalized spacial score (nSPS) is 18.3. The zero-order valence-electron chi connectivity index (χ0n) is 10.2. The predicted octanol–water partition coefficient (Wildman–Crippen LogP) is 2.29. The molecule has 1 aliphatic heterocycles. The van der Waals surface area contributed by atoms with Gasteiger partial charge in [0.2, 0.25) is 0 Å². The average molecular weight is 253 g/mol. The number of anilines is 1. The standard InChI is InChI=1S/C12H16FN3O2/c1-12(4-6-14-7-5-12)15-10-8-9(13)2-3-11(10)16(17)18/h2-3,8,14-15H,4-7H2,1H3. The van der Waals surface area contributed by atoms with Crippen LogP contribution in [0, 0.1) is 15.9 Å². The highest BCUT2D eigenvalue weighted by molar-refractivity contribution is 5.62. The fourth-order valence-electron chi connectivity index (χ4n) is 2.20. The summed E-state index contributed by atoms with van der Waals surface area (Å²) in [6, 6.07) is 3.49. The van der Waals surface area contributed by atoms with Gasteiger partial charge in [0.1, 0.15) is 11.5 Å². The molecule has 2 rings (SSSR count). The first-order chi connectivity index (χ1) is 8.50. The SMILES string of the molecule is CC1(Nc2cc(F)ccc2[N+](=O)[O-])CCNCC1. The summed E-state index contributed by atoms with van der Waals surface area (Å²) in [5.74, 6) is -0.472. The molecule has 0 aromatic heterocycles. The molecular weight excluding hydrogens is 237 g/mol. The maximum Gasteiger partial charge on any atom is 0.292 e. The van der Waals surface area contributed by atoms with E-state index < -0.39 is 10.7 Å². The predicted molar refractivity (Wildman–Crippen MR) is 67.2 cm³/mol. The Morgan fingerprint density at radius 1 is 1.44 bits per heavy atom. The van der Waals surface area contributed by atoms with E-state index in [1.807, 2.05) is 6.92 Å². The highest BCUT2D eigenvalue weighted by Gasteiger charge is 2.29. The van der Waals surface area contributed by atoms with Crippen molar-refractivity contribution in [1.29, 1.82) is 0 Å². The van der Waals surface area contributed by atoms with Gasteiger partial charge in [-0.15, -0.1) is 0 Å². The van der Waals surface area contributed by atoms with Gasteiger partial charge in [-0.2, -0.15) is 0 Å². The topological polar surface area (TPSA) is 67.2 Å². The van der Waals surface area contributed by atoms with E-state index in [0.717, 1.165) is 32.0 Å². The average Bonchev–Trinajstić information content (AvgIpc) is 2.28. The first kappa shape index (κ1) is 12.8. The molecule has 0 atom stereocenters. The number of halogens is 1. The lowest BCUT2D eigenvalue weighted by Gasteiger charge is -2.35. The molecule has 6 heteroatoms. The Bertz CT molecular complexity index is 459. The lowest BCUT2D eigenvalue weighted by Crippen LogP contribution is -2.45. The Labute approximate surface area is 105 Å². The summed E-state index contributed by atoms with van der Waals surface area (Å²) in [6.07, 6.45) is 1.70. The second-order valence-electron chi connectivity index (χ2n) is 4.85. The minimum absolute atomic E-state index is 0.0869. The van der Waals surface area contributed by atoms with Gasteiger partial charge >= 0.3 is 0 Å². The van der Waals surface area contributed by atoms with Crippen LogP contribution in [0.1, 0.15) is 19.8 Å². The highest BCUT2D eigenvalue weighted by Crippen LogP contribution is 2.30. The molecule has 0 radical (unpaired) electrons. The van der Waals surface area contributed by atoms with Gasteiger partial charge in [-0.25, -0.2) is 4.39 Å². The van der Waals surface area contributed by atoms with E-state index in [2.05, 4.69) is 10.6 Å². The molecule has 2 N–H and O–H groups in total. The number of nitrogens with zero attached hydrogens (tertiary/aromatic N) is 1. The maximum atomic E-state index is 13.2. The van der Waals surface area contributed by atoms with Crippen molar-refractivity contribution >= 4 is 11.4 Å². The van der Waals surface area contributed by atoms with Crippen LogP contribution in [0.3, 0.4) is 0 Å². The summed E-state index contributed by atoms with van der Waals surface area (Å²) in [6.45, 7) is 3.71. The first-order valence-electron chi connectivity index (χ1n) is 5.93. The number of piperidine rings is 1. The molecule has 0 aliphatic carbocycles. The van der Waals surface area contributed by atoms with Gasteiger partial charge in [0.05, 0.1) is 4.92 Å². The Balaban J connectivity index is 2.26. The highest BCUT2D eigenvalue weighted by atomic mass is 19.1. The van der Waals surface area contributed by atoms with Crippen molar-refractivity contribution < 1.29 is 9.31 Å². The Morgan fingerprint density at radius 3 is 2.72 bits per heavy atom. The van der Waals surface area contributed by atoms with Crippen molar-refractivity contribution in [3.05, 3.63) is 34.1 Å². The minimum Gasteiger partial charge on any atom is -0.374 e. The Kier molecular flexibility index (Phi) is 3.47. The summed E-state index contributed by atoms with van der Waals surface area (Å²) < 4.78 is 13.2. The third kappa shape index (κ3) is 2.76. The lowest BCUT2D eigenvalue weighted by atomic mass is 9.90. The smallest absolute Gasteiger partial charge is 0.292 e. The zero-order chi connectivity index (χ0) is 13.2. The second-order valence-corrected chi connectivity index (χ2v) is 4.85. The molecule has 0 unspecified atom stereocenters. The number of rotatable bonds is 3. The number of hydrogen-bond donors (Lipinski definition) is 2. The molecule has 1 aromatic carbocycles. The van der Waals surface area contributed by atoms with Crippen LogP contribution in [0.4, 0.5) is 15.8 Å². The van der Waals surface area contributed by atoms with Crippen molar-refractivity contribution in [3.63, 3.8) is 0 Å². The van der Waals surface area contributed by atoms with E-state index in [1.165, 1.54) is 12.1 Å². The monoisotopic (exact) mass is 253 g/mol. The molecule has 18 heavy (non-hydrogen) atoms. The molecule has 98 valence electrons. The van der Waals surface area contributed by atoms with Gasteiger partial charge < -0.3 is 10.6 Å². The van der Waals surface area contributed by atoms with Crippen LogP contribution in [0.25, 0.3) is 0 Å². The number of nitro benzene ring substituents is 1. The van der Waals surface area contributed by atoms with Crippen LogP contribution in [-0.4, -0.2) is 23.6 Å². The van der Waals surface area contributed by atoms with Crippen molar-refractivity contribution in [2.24, 2.45) is 0 Å². The van der Waals surface area contributed by atoms with E-state index >= 15 is 0 Å². The molecule has 5 nitrogen and oxygen atoms in total. The number of nitrogens with one attached hydrogen (secondary N) is 2. The van der Waals surface area contributed by atoms with Crippen molar-refractivity contribution in [3.8, 4) is 0 Å². The summed E-state index contributed by atoms with van der Waals surface area (Å²) in [4.78, 5) is 10.4. The number of nitro groups is 1. The fraction of sp³-hybridized carbons (Fsp3) is 0.500. The molecule has 1 aliphatic rings. The number of hydrogen-bond acceptors (Lipinski definition) is 4. The van der Waals surface area contributed by atoms with Gasteiger partial charge in [-0.05, 0) is 38.9 Å². The van der Waals surface area contributed by atoms with Crippen molar-refractivity contribution in [2.75, 3.05) is 18.4 Å². The van der Waals surface area contributed by atoms with Crippen LogP contribution in [-0.2, 0) is 0 Å². The van der Waals surface area contributed by atoms with Crippen LogP contribution < -0.4 is 10.6 Å². The molecule has 1 fully saturated rings. The van der Waals surface area contributed by atoms with Gasteiger partial charge in [0.25, 0.3) is 5.69 Å². The third-order valence-corrected chi connectivity index (χ3v) is 3.30. The van der Waals surface area contributed by atoms with Crippen molar-refractivity contribution in [1.82, 2.24) is 5.32 Å². The summed E-state index contributed by atoms with van der Waals surface area (Å²) in [5, 5.41) is 17.3. The fourth-order valence-corrected chi connectivity index (χ4v) is 2.20. The van der Waals surface area contributed by atoms with Gasteiger partial charge in [-0.3, -0.25) is 10.1 Å². The van der Waals surface area contributed by atoms with E-state index in [0.29, 0.717) is 0 Å². The summed E-state index contributed by atoms with van der Waals surface area (Å²) in [5.41, 5.74) is -0.0652. The van der Waals surface area contributed by atoms with E-state index in [-0.39, 0.29) is 16.9 Å². The third-order valence-electron chi connectivity index (χ3n) is 3.30. The molecular formula is C12H16FN3O2. The molecule has 0 bridgehead atoms. The van der Waals surface area contributed by atoms with E-state index in [1.54, 1.807) is 0 Å². The lowest BCUT2D eigenvalue weighted by molar-refractivity contribution is -0.384. The van der Waals surface area contributed by atoms with Gasteiger partial charge in [0, 0.05) is 17.7 Å². The van der Waals surface area contributed by atoms with Gasteiger partial charge in [0.15, 0.2) is 0 Å². The zero-order valence-corrected chi connectivity index (χ0v) is 10.2. The molecule has 1 saturated heterocycles. The van der Waals surface area contributed by atoms with Crippen LogP contribution in [0.5, 0.6) is 0 Å². The molecule has 1 aromatic rings. The molecule has 0 saturated carbocycles. The van der Waals surface area contributed by atoms with E-state index in [9.17, 15) is 14.5 Å². The largest absolute Gasteiger partial charge is 0.374 e. The molecule has 0 amide bonds. The Hall–Kier alpha value is -1.69. The van der Waals surface area contributed by atoms with Gasteiger partial charge in [-0.1, -0.05) is 0 Å².